The maximum atomic E-state index is 13.2. The molecular formula is C13H15FN2O2. The van der Waals surface area contributed by atoms with Crippen LogP contribution in [0.5, 0.6) is 5.75 Å². The van der Waals surface area contributed by atoms with Gasteiger partial charge in [0, 0.05) is 5.56 Å². The van der Waals surface area contributed by atoms with E-state index >= 15 is 0 Å². The molecule has 1 N–H and O–H groups in total. The number of carbonyl (C=O) groups excluding carboxylic acids is 1. The first-order chi connectivity index (χ1) is 8.49. The molecule has 0 heterocycles. The Bertz CT molecular complexity index is 480. The van der Waals surface area contributed by atoms with Crippen molar-refractivity contribution >= 4 is 5.91 Å². The van der Waals surface area contributed by atoms with Crippen LogP contribution in [0.15, 0.2) is 18.2 Å². The minimum Gasteiger partial charge on any atom is -0.494 e. The maximum Gasteiger partial charge on any atom is 0.252 e. The smallest absolute Gasteiger partial charge is 0.252 e. The van der Waals surface area contributed by atoms with Gasteiger partial charge in [-0.1, -0.05) is 13.8 Å². The predicted molar refractivity (Wildman–Crippen MR) is 64.7 cm³/mol. The van der Waals surface area contributed by atoms with Crippen LogP contribution in [0.3, 0.4) is 0 Å². The maximum absolute atomic E-state index is 13.2. The first-order valence-corrected chi connectivity index (χ1v) is 5.53. The molecule has 1 aromatic rings. The van der Waals surface area contributed by atoms with E-state index in [0.717, 1.165) is 6.07 Å². The number of amides is 1. The fourth-order valence-corrected chi connectivity index (χ4v) is 1.37. The highest BCUT2D eigenvalue weighted by Gasteiger charge is 2.17. The number of benzene rings is 1. The first kappa shape index (κ1) is 14.0. The van der Waals surface area contributed by atoms with Crippen molar-refractivity contribution in [3.05, 3.63) is 29.6 Å². The van der Waals surface area contributed by atoms with Crippen LogP contribution in [0.2, 0.25) is 0 Å². The zero-order valence-corrected chi connectivity index (χ0v) is 10.5. The fourth-order valence-electron chi connectivity index (χ4n) is 1.37. The third-order valence-corrected chi connectivity index (χ3v) is 2.51. The normalized spacial score (nSPS) is 11.8. The summed E-state index contributed by atoms with van der Waals surface area (Å²) in [5, 5.41) is 11.5. The summed E-state index contributed by atoms with van der Waals surface area (Å²) < 4.78 is 18.0. The lowest BCUT2D eigenvalue weighted by Crippen LogP contribution is -2.37. The number of halogens is 1. The molecule has 1 aromatic carbocycles. The summed E-state index contributed by atoms with van der Waals surface area (Å²) in [5.41, 5.74) is 0.258. The molecule has 0 bridgehead atoms. The fraction of sp³-hybridized carbons (Fsp3) is 0.385. The van der Waals surface area contributed by atoms with Gasteiger partial charge in [-0.25, -0.2) is 4.39 Å². The number of hydrogen-bond acceptors (Lipinski definition) is 3. The molecule has 1 unspecified atom stereocenters. The lowest BCUT2D eigenvalue weighted by atomic mass is 10.1. The Kier molecular flexibility index (Phi) is 4.67. The number of nitrogens with one attached hydrogen (secondary N) is 1. The summed E-state index contributed by atoms with van der Waals surface area (Å²) in [4.78, 5) is 11.9. The predicted octanol–water partition coefficient (Wildman–Crippen LogP) is 2.11. The van der Waals surface area contributed by atoms with E-state index < -0.39 is 17.8 Å². The zero-order chi connectivity index (χ0) is 13.7. The highest BCUT2D eigenvalue weighted by molar-refractivity contribution is 5.95. The average Bonchev–Trinajstić information content (AvgIpc) is 2.35. The van der Waals surface area contributed by atoms with Crippen molar-refractivity contribution in [2.75, 3.05) is 7.11 Å². The van der Waals surface area contributed by atoms with Crippen molar-refractivity contribution in [1.29, 1.82) is 5.26 Å². The second-order valence-electron chi connectivity index (χ2n) is 4.17. The Labute approximate surface area is 105 Å². The Hall–Kier alpha value is -2.09. The summed E-state index contributed by atoms with van der Waals surface area (Å²) in [7, 11) is 1.33. The van der Waals surface area contributed by atoms with Crippen LogP contribution in [0.1, 0.15) is 24.2 Å². The second kappa shape index (κ2) is 6.01. The summed E-state index contributed by atoms with van der Waals surface area (Å²) in [6.45, 7) is 3.67. The van der Waals surface area contributed by atoms with Gasteiger partial charge in [0.15, 0.2) is 11.6 Å². The van der Waals surface area contributed by atoms with Crippen LogP contribution in [0, 0.1) is 23.1 Å². The monoisotopic (exact) mass is 250 g/mol. The van der Waals surface area contributed by atoms with Gasteiger partial charge < -0.3 is 10.1 Å². The van der Waals surface area contributed by atoms with Gasteiger partial charge in [-0.2, -0.15) is 5.26 Å². The van der Waals surface area contributed by atoms with E-state index in [2.05, 4.69) is 5.32 Å². The topological polar surface area (TPSA) is 62.1 Å². The quantitative estimate of drug-likeness (QED) is 0.890. The van der Waals surface area contributed by atoms with Gasteiger partial charge in [0.05, 0.1) is 13.2 Å². The van der Waals surface area contributed by atoms with Crippen LogP contribution in [-0.4, -0.2) is 19.1 Å². The van der Waals surface area contributed by atoms with Crippen molar-refractivity contribution in [3.8, 4) is 11.8 Å². The van der Waals surface area contributed by atoms with Crippen LogP contribution in [-0.2, 0) is 0 Å². The zero-order valence-electron chi connectivity index (χ0n) is 10.5. The SMILES string of the molecule is COc1cc(C(=O)NC(C#N)C(C)C)ccc1F. The molecule has 1 atom stereocenters. The highest BCUT2D eigenvalue weighted by atomic mass is 19.1. The molecular weight excluding hydrogens is 235 g/mol. The number of methoxy groups -OCH3 is 1. The van der Waals surface area contributed by atoms with Crippen molar-refractivity contribution in [2.45, 2.75) is 19.9 Å². The molecule has 0 aliphatic carbocycles. The van der Waals surface area contributed by atoms with E-state index in [1.807, 2.05) is 19.9 Å². The molecule has 1 amide bonds. The molecule has 0 saturated carbocycles. The number of nitrogens with zero attached hydrogens (tertiary/aromatic N) is 1. The molecule has 96 valence electrons. The Morgan fingerprint density at radius 2 is 2.17 bits per heavy atom. The largest absolute Gasteiger partial charge is 0.494 e. The van der Waals surface area contributed by atoms with Crippen LogP contribution < -0.4 is 10.1 Å². The minimum atomic E-state index is -0.575. The summed E-state index contributed by atoms with van der Waals surface area (Å²) in [5.74, 6) is -0.953. The van der Waals surface area contributed by atoms with Gasteiger partial charge in [0.1, 0.15) is 6.04 Å². The van der Waals surface area contributed by atoms with E-state index in [1.165, 1.54) is 19.2 Å². The molecule has 4 nitrogen and oxygen atoms in total. The highest BCUT2D eigenvalue weighted by Crippen LogP contribution is 2.18. The Morgan fingerprint density at radius 3 is 2.67 bits per heavy atom. The van der Waals surface area contributed by atoms with E-state index in [-0.39, 0.29) is 17.2 Å². The summed E-state index contributed by atoms with van der Waals surface area (Å²) in [6.07, 6.45) is 0. The number of nitriles is 1. The lowest BCUT2D eigenvalue weighted by molar-refractivity contribution is 0.0937. The van der Waals surface area contributed by atoms with Crippen LogP contribution >= 0.6 is 0 Å². The molecule has 0 radical (unpaired) electrons. The molecule has 0 fully saturated rings. The molecule has 0 saturated heterocycles. The molecule has 0 aliphatic heterocycles. The number of ether oxygens (including phenoxy) is 1. The van der Waals surface area contributed by atoms with Gasteiger partial charge in [0.25, 0.3) is 5.91 Å². The third kappa shape index (κ3) is 3.20. The van der Waals surface area contributed by atoms with Crippen molar-refractivity contribution in [2.24, 2.45) is 5.92 Å². The molecule has 5 heteroatoms. The summed E-state index contributed by atoms with van der Waals surface area (Å²) >= 11 is 0. The average molecular weight is 250 g/mol. The first-order valence-electron chi connectivity index (χ1n) is 5.53. The Morgan fingerprint density at radius 1 is 1.50 bits per heavy atom. The minimum absolute atomic E-state index is 0.000652. The summed E-state index contributed by atoms with van der Waals surface area (Å²) in [6, 6.07) is 5.24. The van der Waals surface area contributed by atoms with E-state index in [0.29, 0.717) is 0 Å². The van der Waals surface area contributed by atoms with Gasteiger partial charge in [-0.05, 0) is 24.1 Å². The number of carbonyl (C=O) groups is 1. The van der Waals surface area contributed by atoms with Crippen LogP contribution in [0.4, 0.5) is 4.39 Å². The molecule has 18 heavy (non-hydrogen) atoms. The number of rotatable bonds is 4. The van der Waals surface area contributed by atoms with E-state index in [9.17, 15) is 9.18 Å². The van der Waals surface area contributed by atoms with E-state index in [4.69, 9.17) is 10.00 Å². The van der Waals surface area contributed by atoms with Gasteiger partial charge in [0.2, 0.25) is 0 Å². The van der Waals surface area contributed by atoms with Gasteiger partial charge in [-0.3, -0.25) is 4.79 Å². The van der Waals surface area contributed by atoms with Crippen molar-refractivity contribution in [3.63, 3.8) is 0 Å². The second-order valence-corrected chi connectivity index (χ2v) is 4.17. The molecule has 0 aliphatic rings. The van der Waals surface area contributed by atoms with Crippen LogP contribution in [0.25, 0.3) is 0 Å². The lowest BCUT2D eigenvalue weighted by Gasteiger charge is -2.15. The van der Waals surface area contributed by atoms with Crippen molar-refractivity contribution in [1.82, 2.24) is 5.32 Å². The molecule has 0 spiro atoms. The van der Waals surface area contributed by atoms with Crippen molar-refractivity contribution < 1.29 is 13.9 Å². The standard InChI is InChI=1S/C13H15FN2O2/c1-8(2)11(7-15)16-13(17)9-4-5-10(14)12(6-9)18-3/h4-6,8,11H,1-3H3,(H,16,17). The Balaban J connectivity index is 2.88. The van der Waals surface area contributed by atoms with Gasteiger partial charge in [-0.15, -0.1) is 0 Å². The van der Waals surface area contributed by atoms with E-state index in [1.54, 1.807) is 0 Å². The molecule has 0 aromatic heterocycles. The number of hydrogen-bond donors (Lipinski definition) is 1. The third-order valence-electron chi connectivity index (χ3n) is 2.51. The molecule has 1 rings (SSSR count). The van der Waals surface area contributed by atoms with Gasteiger partial charge >= 0.3 is 0 Å².